The fraction of sp³-hybridized carbons (Fsp3) is 0.351. The fourth-order valence-electron chi connectivity index (χ4n) is 6.85. The number of aryl methyl sites for hydroxylation is 1. The molecule has 1 saturated carbocycles. The predicted octanol–water partition coefficient (Wildman–Crippen LogP) is 9.66. The minimum absolute atomic E-state index is 0.207. The summed E-state index contributed by atoms with van der Waals surface area (Å²) in [6.45, 7) is 12.1. The molecule has 44 heavy (non-hydrogen) atoms. The van der Waals surface area contributed by atoms with Crippen LogP contribution in [-0.2, 0) is 33.9 Å². The van der Waals surface area contributed by atoms with Crippen LogP contribution in [0.2, 0.25) is 0 Å². The summed E-state index contributed by atoms with van der Waals surface area (Å²) in [7, 11) is 0.605. The number of nitrogens with zero attached hydrogens (tertiary/aromatic N) is 1. The van der Waals surface area contributed by atoms with Crippen LogP contribution in [0.15, 0.2) is 114 Å². The number of nitrogens with one attached hydrogen (secondary N) is 1. The van der Waals surface area contributed by atoms with Crippen molar-refractivity contribution in [3.63, 3.8) is 0 Å². The number of hydrogen-bond acceptors (Lipinski definition) is 3. The molecular formula is C37H43ClN2O2RhS+. The summed E-state index contributed by atoms with van der Waals surface area (Å²) in [5.74, 6) is 2.99. The van der Waals surface area contributed by atoms with Gasteiger partial charge in [-0.1, -0.05) is 142 Å². The minimum atomic E-state index is -3.92. The van der Waals surface area contributed by atoms with Crippen molar-refractivity contribution in [1.29, 1.82) is 0 Å². The van der Waals surface area contributed by atoms with Gasteiger partial charge in [0.25, 0.3) is 0 Å². The SMILES string of the molecule is Cc1ccc(S(=O)(=O)[N-][C@H](c2ccccc2)[C@H](NCc2ccccc2C2C(C)C(C)C(C)C2C)c2ccccc2)cc1.[Cl][Rh+2]. The zero-order chi connectivity index (χ0) is 31.9. The summed E-state index contributed by atoms with van der Waals surface area (Å²) in [6.07, 6.45) is 0. The van der Waals surface area contributed by atoms with E-state index in [1.807, 2.05) is 84.9 Å². The fourth-order valence-corrected chi connectivity index (χ4v) is 8.00. The van der Waals surface area contributed by atoms with Crippen molar-refractivity contribution in [1.82, 2.24) is 5.32 Å². The van der Waals surface area contributed by atoms with Crippen molar-refractivity contribution in [2.24, 2.45) is 23.7 Å². The Morgan fingerprint density at radius 2 is 1.20 bits per heavy atom. The predicted molar refractivity (Wildman–Crippen MR) is 179 cm³/mol. The van der Waals surface area contributed by atoms with E-state index in [1.54, 1.807) is 12.1 Å². The molecule has 6 atom stereocenters. The van der Waals surface area contributed by atoms with Gasteiger partial charge in [-0.3, -0.25) is 0 Å². The average molecular weight is 718 g/mol. The third kappa shape index (κ3) is 7.89. The van der Waals surface area contributed by atoms with Crippen LogP contribution in [0.4, 0.5) is 0 Å². The molecule has 1 fully saturated rings. The van der Waals surface area contributed by atoms with Crippen molar-refractivity contribution < 1.29 is 25.7 Å². The topological polar surface area (TPSA) is 60.3 Å². The molecule has 7 heteroatoms. The first-order valence-electron chi connectivity index (χ1n) is 15.2. The first-order chi connectivity index (χ1) is 21.2. The second kappa shape index (κ2) is 15.8. The summed E-state index contributed by atoms with van der Waals surface area (Å²) in [5, 5.41) is 3.79. The van der Waals surface area contributed by atoms with Crippen molar-refractivity contribution in [3.8, 4) is 0 Å². The zero-order valence-electron chi connectivity index (χ0n) is 26.0. The van der Waals surface area contributed by atoms with E-state index < -0.39 is 16.1 Å². The van der Waals surface area contributed by atoms with Gasteiger partial charge in [0, 0.05) is 17.5 Å². The van der Waals surface area contributed by atoms with Crippen LogP contribution in [0.1, 0.15) is 73.5 Å². The molecule has 0 amide bonds. The van der Waals surface area contributed by atoms with Gasteiger partial charge in [-0.15, -0.1) is 0 Å². The molecule has 0 spiro atoms. The summed E-state index contributed by atoms with van der Waals surface area (Å²) >= 11 is 2.02. The van der Waals surface area contributed by atoms with Gasteiger partial charge in [-0.25, -0.2) is 8.42 Å². The Balaban J connectivity index is 0.00000216. The molecule has 0 bridgehead atoms. The first-order valence-corrected chi connectivity index (χ1v) is 18.8. The molecule has 4 nitrogen and oxygen atoms in total. The Labute approximate surface area is 278 Å². The Hall–Kier alpha value is -2.34. The molecule has 4 unspecified atom stereocenters. The number of benzene rings is 4. The second-order valence-electron chi connectivity index (χ2n) is 12.2. The van der Waals surface area contributed by atoms with Gasteiger partial charge in [0.2, 0.25) is 0 Å². The van der Waals surface area contributed by atoms with Crippen molar-refractivity contribution in [3.05, 3.63) is 142 Å². The molecule has 0 aliphatic heterocycles. The molecule has 5 rings (SSSR count). The van der Waals surface area contributed by atoms with E-state index in [9.17, 15) is 8.42 Å². The molecule has 4 aromatic rings. The van der Waals surface area contributed by atoms with Crippen LogP contribution in [0, 0.1) is 30.6 Å². The van der Waals surface area contributed by atoms with E-state index in [2.05, 4.69) is 83.8 Å². The Morgan fingerprint density at radius 1 is 0.705 bits per heavy atom. The standard InChI is InChI=1S/C37H43N2O2S.ClH.Rh/c1-25-20-22-33(23-21-25)42(40,41)39-37(31-16-10-7-11-17-31)36(30-14-8-6-9-15-30)38-24-32-18-12-13-19-34(32)35-28(4)26(2)27(3)29(35)5;;/h6-23,26-29,35-38H,24H2,1-5H3;1H;/q-1;;+3/p-1/t26?,27?,28?,29?,35?,36-,37-;;/m1../s1. The maximum atomic E-state index is 13.7. The molecule has 1 aliphatic carbocycles. The molecule has 0 aromatic heterocycles. The van der Waals surface area contributed by atoms with Crippen LogP contribution in [0.5, 0.6) is 0 Å². The quantitative estimate of drug-likeness (QED) is 0.166. The van der Waals surface area contributed by atoms with E-state index in [0.29, 0.717) is 36.1 Å². The summed E-state index contributed by atoms with van der Waals surface area (Å²) in [6, 6.07) is 34.5. The normalized spacial score (nSPS) is 22.9. The van der Waals surface area contributed by atoms with Gasteiger partial charge in [0.05, 0.1) is 0 Å². The summed E-state index contributed by atoms with van der Waals surface area (Å²) < 4.78 is 32.0. The number of sulfonamides is 1. The molecule has 0 radical (unpaired) electrons. The van der Waals surface area contributed by atoms with Gasteiger partial charge < -0.3 is 10.0 Å². The summed E-state index contributed by atoms with van der Waals surface area (Å²) in [5.41, 5.74) is 5.51. The van der Waals surface area contributed by atoms with E-state index in [4.69, 9.17) is 0 Å². The van der Waals surface area contributed by atoms with E-state index >= 15 is 0 Å². The third-order valence-corrected chi connectivity index (χ3v) is 11.1. The molecule has 1 N–H and O–H groups in total. The van der Waals surface area contributed by atoms with Crippen molar-refractivity contribution in [2.45, 2.75) is 64.1 Å². The molecule has 234 valence electrons. The zero-order valence-corrected chi connectivity index (χ0v) is 29.2. The van der Waals surface area contributed by atoms with Gasteiger partial charge in [0.15, 0.2) is 0 Å². The Kier molecular flexibility index (Phi) is 12.4. The number of hydrogen-bond donors (Lipinski definition) is 1. The number of rotatable bonds is 10. The van der Waals surface area contributed by atoms with E-state index in [-0.39, 0.29) is 10.9 Å². The van der Waals surface area contributed by atoms with Crippen LogP contribution in [0.3, 0.4) is 0 Å². The van der Waals surface area contributed by atoms with Crippen LogP contribution in [-0.4, -0.2) is 8.42 Å². The Morgan fingerprint density at radius 3 is 1.77 bits per heavy atom. The molecule has 0 saturated heterocycles. The third-order valence-electron chi connectivity index (χ3n) is 9.73. The van der Waals surface area contributed by atoms with Crippen LogP contribution < -0.4 is 5.32 Å². The second-order valence-corrected chi connectivity index (χ2v) is 13.8. The molecule has 1 aliphatic rings. The van der Waals surface area contributed by atoms with Crippen LogP contribution in [0.25, 0.3) is 4.72 Å². The van der Waals surface area contributed by atoms with Crippen molar-refractivity contribution >= 4 is 19.7 Å². The van der Waals surface area contributed by atoms with E-state index in [1.165, 1.54) is 11.1 Å². The number of halogens is 1. The average Bonchev–Trinajstić information content (AvgIpc) is 3.24. The molecular weight excluding hydrogens is 675 g/mol. The van der Waals surface area contributed by atoms with Gasteiger partial charge >= 0.3 is 27.0 Å². The molecule has 0 heterocycles. The van der Waals surface area contributed by atoms with Gasteiger partial charge in [-0.2, -0.15) is 0 Å². The monoisotopic (exact) mass is 717 g/mol. The Bertz CT molecular complexity index is 1550. The van der Waals surface area contributed by atoms with Crippen LogP contribution >= 0.6 is 9.69 Å². The maximum absolute atomic E-state index is 13.7. The van der Waals surface area contributed by atoms with Gasteiger partial charge in [0.1, 0.15) is 10.0 Å². The summed E-state index contributed by atoms with van der Waals surface area (Å²) in [4.78, 5) is 0.207. The molecule has 4 aromatic carbocycles. The van der Waals surface area contributed by atoms with E-state index in [0.717, 1.165) is 16.7 Å². The van der Waals surface area contributed by atoms with Crippen molar-refractivity contribution in [2.75, 3.05) is 0 Å². The van der Waals surface area contributed by atoms with Gasteiger partial charge in [-0.05, 0) is 65.3 Å². The first kappa shape index (κ1) is 34.5.